The molecule has 1 aromatic carbocycles. The number of hydrogen-bond donors (Lipinski definition) is 1. The van der Waals surface area contributed by atoms with Gasteiger partial charge >= 0.3 is 0 Å². The first-order chi connectivity index (χ1) is 11.5. The van der Waals surface area contributed by atoms with E-state index in [0.717, 1.165) is 12.8 Å². The number of nitro groups is 1. The zero-order chi connectivity index (χ0) is 17.7. The van der Waals surface area contributed by atoms with Crippen molar-refractivity contribution in [3.8, 4) is 5.69 Å². The van der Waals surface area contributed by atoms with Crippen molar-refractivity contribution in [1.29, 1.82) is 0 Å². The lowest BCUT2D eigenvalue weighted by atomic mass is 10.2. The summed E-state index contributed by atoms with van der Waals surface area (Å²) < 4.78 is 1.24. The summed E-state index contributed by atoms with van der Waals surface area (Å²) in [5.74, 6) is -0.583. The first-order valence-corrected chi connectivity index (χ1v) is 7.58. The van der Waals surface area contributed by atoms with Gasteiger partial charge in [-0.15, -0.1) is 0 Å². The third-order valence-corrected chi connectivity index (χ3v) is 3.45. The Hall–Kier alpha value is -3.03. The maximum atomic E-state index is 12.1. The molecule has 0 fully saturated rings. The summed E-state index contributed by atoms with van der Waals surface area (Å²) in [5.41, 5.74) is -0.359. The van der Waals surface area contributed by atoms with Crippen molar-refractivity contribution in [3.05, 3.63) is 62.1 Å². The Morgan fingerprint density at radius 2 is 2.08 bits per heavy atom. The fraction of sp³-hybridized carbons (Fsp3) is 0.312. The van der Waals surface area contributed by atoms with Gasteiger partial charge in [0.15, 0.2) is 5.69 Å². The van der Waals surface area contributed by atoms with Crippen LogP contribution < -0.4 is 10.7 Å². The van der Waals surface area contributed by atoms with E-state index in [0.29, 0.717) is 12.2 Å². The first-order valence-electron chi connectivity index (χ1n) is 7.58. The number of hydrogen-bond acceptors (Lipinski definition) is 5. The Bertz CT molecular complexity index is 829. The van der Waals surface area contributed by atoms with Crippen LogP contribution in [-0.4, -0.2) is 27.2 Å². The van der Waals surface area contributed by atoms with Crippen molar-refractivity contribution < 1.29 is 9.72 Å². The van der Waals surface area contributed by atoms with Gasteiger partial charge in [-0.1, -0.05) is 25.5 Å². The summed E-state index contributed by atoms with van der Waals surface area (Å²) in [6, 6.07) is 7.27. The zero-order valence-corrected chi connectivity index (χ0v) is 13.5. The third-order valence-electron chi connectivity index (χ3n) is 3.45. The van der Waals surface area contributed by atoms with Gasteiger partial charge in [0, 0.05) is 24.4 Å². The van der Waals surface area contributed by atoms with E-state index in [9.17, 15) is 19.7 Å². The topological polar surface area (TPSA) is 107 Å². The number of carbonyl (C=O) groups excluding carboxylic acids is 1. The fourth-order valence-corrected chi connectivity index (χ4v) is 2.21. The number of nitrogens with zero attached hydrogens (tertiary/aromatic N) is 3. The molecular weight excluding hydrogens is 312 g/mol. The largest absolute Gasteiger partial charge is 0.351 e. The Balaban J connectivity index is 2.50. The van der Waals surface area contributed by atoms with Crippen LogP contribution in [0.4, 0.5) is 5.69 Å². The van der Waals surface area contributed by atoms with Crippen LogP contribution in [-0.2, 0) is 0 Å². The number of aromatic nitrogens is 2. The molecule has 0 unspecified atom stereocenters. The quantitative estimate of drug-likeness (QED) is 0.495. The highest BCUT2D eigenvalue weighted by Crippen LogP contribution is 2.22. The normalized spacial score (nSPS) is 10.4. The standard InChI is InChI=1S/C16H18N4O4/c1-3-4-9-17-16(22)15-14(21)10-11(2)19(18-15)12-7-5-6-8-13(12)20(23)24/h5-8,10H,3-4,9H2,1-2H3,(H,17,22). The number of amides is 1. The molecule has 0 aliphatic heterocycles. The van der Waals surface area contributed by atoms with Crippen molar-refractivity contribution in [2.45, 2.75) is 26.7 Å². The molecule has 0 aliphatic rings. The van der Waals surface area contributed by atoms with E-state index in [1.165, 1.54) is 28.9 Å². The summed E-state index contributed by atoms with van der Waals surface area (Å²) in [6.07, 6.45) is 1.69. The molecule has 0 saturated heterocycles. The van der Waals surface area contributed by atoms with Gasteiger partial charge in [-0.3, -0.25) is 19.7 Å². The number of nitrogens with one attached hydrogen (secondary N) is 1. The highest BCUT2D eigenvalue weighted by Gasteiger charge is 2.19. The van der Waals surface area contributed by atoms with Crippen LogP contribution >= 0.6 is 0 Å². The Morgan fingerprint density at radius 1 is 1.38 bits per heavy atom. The molecule has 0 bridgehead atoms. The number of rotatable bonds is 6. The minimum Gasteiger partial charge on any atom is -0.351 e. The van der Waals surface area contributed by atoms with Crippen molar-refractivity contribution in [2.24, 2.45) is 0 Å². The van der Waals surface area contributed by atoms with Gasteiger partial charge in [0.2, 0.25) is 5.43 Å². The van der Waals surface area contributed by atoms with Crippen molar-refractivity contribution in [3.63, 3.8) is 0 Å². The zero-order valence-electron chi connectivity index (χ0n) is 13.5. The molecule has 0 aliphatic carbocycles. The molecule has 8 heteroatoms. The maximum Gasteiger partial charge on any atom is 0.294 e. The molecule has 2 aromatic rings. The van der Waals surface area contributed by atoms with Crippen LogP contribution in [0, 0.1) is 17.0 Å². The molecule has 24 heavy (non-hydrogen) atoms. The van der Waals surface area contributed by atoms with E-state index in [1.54, 1.807) is 13.0 Å². The van der Waals surface area contributed by atoms with E-state index >= 15 is 0 Å². The lowest BCUT2D eigenvalue weighted by Gasteiger charge is -2.11. The Morgan fingerprint density at radius 3 is 2.75 bits per heavy atom. The van der Waals surface area contributed by atoms with Crippen molar-refractivity contribution >= 4 is 11.6 Å². The first kappa shape index (κ1) is 17.3. The van der Waals surface area contributed by atoms with Gasteiger partial charge in [0.25, 0.3) is 11.6 Å². The molecule has 0 atom stereocenters. The molecule has 1 aromatic heterocycles. The molecule has 8 nitrogen and oxygen atoms in total. The van der Waals surface area contributed by atoms with E-state index in [1.807, 2.05) is 6.92 Å². The van der Waals surface area contributed by atoms with Crippen LogP contribution in [0.25, 0.3) is 5.69 Å². The van der Waals surface area contributed by atoms with Crippen LogP contribution in [0.1, 0.15) is 35.9 Å². The molecule has 1 heterocycles. The Kier molecular flexibility index (Phi) is 5.41. The molecular formula is C16H18N4O4. The summed E-state index contributed by atoms with van der Waals surface area (Å²) >= 11 is 0. The number of nitro benzene ring substituents is 1. The van der Waals surface area contributed by atoms with E-state index in [2.05, 4.69) is 10.4 Å². The number of aryl methyl sites for hydroxylation is 1. The second-order valence-electron chi connectivity index (χ2n) is 5.27. The van der Waals surface area contributed by atoms with Crippen LogP contribution in [0.15, 0.2) is 35.1 Å². The molecule has 0 spiro atoms. The number of unbranched alkanes of at least 4 members (excludes halogenated alkanes) is 1. The SMILES string of the molecule is CCCCNC(=O)c1nn(-c2ccccc2[N+](=O)[O-])c(C)cc1=O. The summed E-state index contributed by atoms with van der Waals surface area (Å²) in [6.45, 7) is 4.03. The lowest BCUT2D eigenvalue weighted by Crippen LogP contribution is -2.32. The summed E-state index contributed by atoms with van der Waals surface area (Å²) in [5, 5.41) is 17.9. The average molecular weight is 330 g/mol. The molecule has 1 amide bonds. The van der Waals surface area contributed by atoms with Gasteiger partial charge in [-0.2, -0.15) is 5.10 Å². The molecule has 1 N–H and O–H groups in total. The Labute approximate surface area is 138 Å². The lowest BCUT2D eigenvalue weighted by molar-refractivity contribution is -0.384. The van der Waals surface area contributed by atoms with Gasteiger partial charge in [0.1, 0.15) is 5.69 Å². The van der Waals surface area contributed by atoms with Crippen LogP contribution in [0.5, 0.6) is 0 Å². The predicted octanol–water partition coefficient (Wildman–Crippen LogP) is 1.98. The van der Waals surface area contributed by atoms with Gasteiger partial charge in [-0.05, 0) is 19.4 Å². The van der Waals surface area contributed by atoms with Crippen LogP contribution in [0.2, 0.25) is 0 Å². The monoisotopic (exact) mass is 330 g/mol. The minimum atomic E-state index is -0.583. The van der Waals surface area contributed by atoms with Crippen LogP contribution in [0.3, 0.4) is 0 Å². The number of para-hydroxylation sites is 2. The van der Waals surface area contributed by atoms with E-state index in [4.69, 9.17) is 0 Å². The molecule has 0 radical (unpaired) electrons. The van der Waals surface area contributed by atoms with E-state index in [-0.39, 0.29) is 17.1 Å². The van der Waals surface area contributed by atoms with Gasteiger partial charge in [-0.25, -0.2) is 4.68 Å². The number of carbonyl (C=O) groups is 1. The molecule has 0 saturated carbocycles. The van der Waals surface area contributed by atoms with E-state index < -0.39 is 16.3 Å². The highest BCUT2D eigenvalue weighted by atomic mass is 16.6. The smallest absolute Gasteiger partial charge is 0.294 e. The number of benzene rings is 1. The molecule has 126 valence electrons. The fourth-order valence-electron chi connectivity index (χ4n) is 2.21. The maximum absolute atomic E-state index is 12.1. The second-order valence-corrected chi connectivity index (χ2v) is 5.27. The minimum absolute atomic E-state index is 0.158. The predicted molar refractivity (Wildman–Crippen MR) is 88.5 cm³/mol. The average Bonchev–Trinajstić information content (AvgIpc) is 2.55. The van der Waals surface area contributed by atoms with Gasteiger partial charge in [0.05, 0.1) is 4.92 Å². The van der Waals surface area contributed by atoms with Gasteiger partial charge < -0.3 is 5.32 Å². The summed E-state index contributed by atoms with van der Waals surface area (Å²) in [7, 11) is 0. The molecule has 2 rings (SSSR count). The third kappa shape index (κ3) is 3.65. The van der Waals surface area contributed by atoms with Crippen molar-refractivity contribution in [1.82, 2.24) is 15.1 Å². The highest BCUT2D eigenvalue weighted by molar-refractivity contribution is 5.92. The second kappa shape index (κ2) is 7.49. The summed E-state index contributed by atoms with van der Waals surface area (Å²) in [4.78, 5) is 34.8. The van der Waals surface area contributed by atoms with Crippen molar-refractivity contribution in [2.75, 3.05) is 6.54 Å².